The lowest BCUT2D eigenvalue weighted by Crippen LogP contribution is -2.46. The van der Waals surface area contributed by atoms with Crippen LogP contribution in [0.2, 0.25) is 0 Å². The van der Waals surface area contributed by atoms with Gasteiger partial charge in [0.25, 0.3) is 0 Å². The van der Waals surface area contributed by atoms with Gasteiger partial charge < -0.3 is 10.5 Å². The average molecular weight is 239 g/mol. The molecule has 0 spiro atoms. The lowest BCUT2D eigenvalue weighted by Gasteiger charge is -2.25. The maximum absolute atomic E-state index is 11.4. The molecular weight excluding hydrogens is 222 g/mol. The van der Waals surface area contributed by atoms with E-state index >= 15 is 0 Å². The Morgan fingerprint density at radius 1 is 1.40 bits per heavy atom. The van der Waals surface area contributed by atoms with E-state index in [1.54, 1.807) is 20.8 Å². The molecule has 15 heavy (non-hydrogen) atoms. The van der Waals surface area contributed by atoms with Crippen LogP contribution in [0.3, 0.4) is 0 Å². The molecule has 0 bridgehead atoms. The van der Waals surface area contributed by atoms with Crippen molar-refractivity contribution in [3.63, 3.8) is 0 Å². The van der Waals surface area contributed by atoms with Gasteiger partial charge in [-0.1, -0.05) is 0 Å². The second kappa shape index (κ2) is 4.77. The smallest absolute Gasteiger partial charge is 0.425 e. The topological polar surface area (TPSA) is 116 Å². The molecule has 0 aliphatic carbocycles. The van der Waals surface area contributed by atoms with Crippen LogP contribution < -0.4 is 10.9 Å². The first-order valence-electron chi connectivity index (χ1n) is 4.31. The summed E-state index contributed by atoms with van der Waals surface area (Å²) in [6.07, 6.45) is -1.02. The molecule has 0 unspecified atom stereocenters. The van der Waals surface area contributed by atoms with Gasteiger partial charge in [-0.05, 0) is 20.8 Å². The molecule has 0 radical (unpaired) electrons. The third-order valence-corrected chi connectivity index (χ3v) is 2.18. The fourth-order valence-electron chi connectivity index (χ4n) is 0.753. The predicted octanol–water partition coefficient (Wildman–Crippen LogP) is -0.614. The Morgan fingerprint density at radius 2 is 1.87 bits per heavy atom. The van der Waals surface area contributed by atoms with E-state index in [2.05, 4.69) is 0 Å². The zero-order valence-electron chi connectivity index (χ0n) is 9.06. The van der Waals surface area contributed by atoms with Crippen LogP contribution in [0, 0.1) is 0 Å². The minimum absolute atomic E-state index is 0.0182. The van der Waals surface area contributed by atoms with Crippen molar-refractivity contribution in [2.75, 3.05) is 13.1 Å². The highest BCUT2D eigenvalue weighted by atomic mass is 32.2. The molecule has 7 nitrogen and oxygen atoms in total. The molecule has 0 atom stereocenters. The monoisotopic (exact) mass is 239 g/mol. The molecule has 90 valence electrons. The van der Waals surface area contributed by atoms with Gasteiger partial charge in [0, 0.05) is 6.54 Å². The van der Waals surface area contributed by atoms with Crippen molar-refractivity contribution in [2.45, 2.75) is 26.4 Å². The fraction of sp³-hybridized carbons (Fsp3) is 0.857. The maximum atomic E-state index is 11.4. The Balaban J connectivity index is 4.74. The van der Waals surface area contributed by atoms with Gasteiger partial charge in [0.15, 0.2) is 0 Å². The lowest BCUT2D eigenvalue weighted by atomic mass is 10.2. The molecule has 0 fully saturated rings. The van der Waals surface area contributed by atoms with Crippen LogP contribution in [0.5, 0.6) is 0 Å². The molecule has 1 amide bonds. The predicted molar refractivity (Wildman–Crippen MR) is 55.1 cm³/mol. The van der Waals surface area contributed by atoms with Crippen molar-refractivity contribution in [1.29, 1.82) is 0 Å². The van der Waals surface area contributed by atoms with Gasteiger partial charge in [0.1, 0.15) is 5.60 Å². The number of rotatable bonds is 3. The first-order chi connectivity index (χ1) is 6.58. The molecule has 0 saturated carbocycles. The molecule has 8 heteroatoms. The molecule has 0 saturated heterocycles. The third-order valence-electron chi connectivity index (χ3n) is 1.24. The Kier molecular flexibility index (Phi) is 4.50. The van der Waals surface area contributed by atoms with Crippen LogP contribution in [-0.4, -0.2) is 37.5 Å². The van der Waals surface area contributed by atoms with Crippen LogP contribution in [0.4, 0.5) is 4.79 Å². The molecule has 0 aromatic heterocycles. The number of carbonyl (C=O) groups is 1. The van der Waals surface area contributed by atoms with E-state index in [4.69, 9.17) is 15.6 Å². The quantitative estimate of drug-likeness (QED) is 0.681. The summed E-state index contributed by atoms with van der Waals surface area (Å²) in [6, 6.07) is 0. The number of hydrogen-bond donors (Lipinski definition) is 2. The van der Waals surface area contributed by atoms with Crippen LogP contribution in [0.15, 0.2) is 0 Å². The van der Waals surface area contributed by atoms with Gasteiger partial charge in [-0.3, -0.25) is 0 Å². The number of nitrogens with two attached hydrogens (primary N) is 2. The molecular formula is C7H17N3O4S. The maximum Gasteiger partial charge on any atom is 0.425 e. The fourth-order valence-corrected chi connectivity index (χ4v) is 1.36. The Hall–Kier alpha value is -0.860. The Labute approximate surface area is 89.5 Å². The van der Waals surface area contributed by atoms with Crippen molar-refractivity contribution >= 4 is 16.3 Å². The van der Waals surface area contributed by atoms with Gasteiger partial charge in [-0.25, -0.2) is 9.93 Å². The second-order valence-electron chi connectivity index (χ2n) is 3.89. The zero-order valence-corrected chi connectivity index (χ0v) is 9.87. The molecule has 4 N–H and O–H groups in total. The zero-order chi connectivity index (χ0) is 12.3. The standard InChI is InChI=1S/C7H17N3O4S/c1-7(2,3)14-6(11)10(5-4-8)15(9,12)13/h4-5,8H2,1-3H3,(H2,9,12,13). The van der Waals surface area contributed by atoms with Crippen LogP contribution in [0.25, 0.3) is 0 Å². The third kappa shape index (κ3) is 5.55. The van der Waals surface area contributed by atoms with Gasteiger partial charge in [0.2, 0.25) is 0 Å². The first-order valence-corrected chi connectivity index (χ1v) is 5.82. The van der Waals surface area contributed by atoms with E-state index in [1.807, 2.05) is 0 Å². The van der Waals surface area contributed by atoms with E-state index in [0.29, 0.717) is 4.31 Å². The van der Waals surface area contributed by atoms with E-state index in [-0.39, 0.29) is 13.1 Å². The summed E-state index contributed by atoms with van der Waals surface area (Å²) in [5, 5.41) is 4.83. The van der Waals surface area contributed by atoms with Gasteiger partial charge in [-0.2, -0.15) is 12.7 Å². The Morgan fingerprint density at radius 3 is 2.13 bits per heavy atom. The molecule has 0 rings (SSSR count). The number of carbonyl (C=O) groups excluding carboxylic acids is 1. The summed E-state index contributed by atoms with van der Waals surface area (Å²) in [5.41, 5.74) is 4.38. The normalized spacial score (nSPS) is 12.3. The van der Waals surface area contributed by atoms with Crippen molar-refractivity contribution in [1.82, 2.24) is 4.31 Å². The highest BCUT2D eigenvalue weighted by Crippen LogP contribution is 2.10. The van der Waals surface area contributed by atoms with E-state index in [9.17, 15) is 13.2 Å². The minimum Gasteiger partial charge on any atom is -0.443 e. The van der Waals surface area contributed by atoms with Crippen LogP contribution in [0.1, 0.15) is 20.8 Å². The van der Waals surface area contributed by atoms with E-state index < -0.39 is 21.9 Å². The highest BCUT2D eigenvalue weighted by molar-refractivity contribution is 7.87. The summed E-state index contributed by atoms with van der Waals surface area (Å²) in [6.45, 7) is 4.64. The summed E-state index contributed by atoms with van der Waals surface area (Å²) < 4.78 is 27.2. The van der Waals surface area contributed by atoms with Crippen molar-refractivity contribution in [3.8, 4) is 0 Å². The van der Waals surface area contributed by atoms with Crippen molar-refractivity contribution < 1.29 is 17.9 Å². The van der Waals surface area contributed by atoms with Crippen molar-refractivity contribution in [2.24, 2.45) is 10.9 Å². The lowest BCUT2D eigenvalue weighted by molar-refractivity contribution is 0.0394. The highest BCUT2D eigenvalue weighted by Gasteiger charge is 2.28. The van der Waals surface area contributed by atoms with E-state index in [0.717, 1.165) is 0 Å². The molecule has 0 aromatic carbocycles. The molecule has 0 aliphatic heterocycles. The average Bonchev–Trinajstić information content (AvgIpc) is 1.93. The van der Waals surface area contributed by atoms with E-state index in [1.165, 1.54) is 0 Å². The summed E-state index contributed by atoms with van der Waals surface area (Å²) in [7, 11) is -4.12. The number of nitrogens with zero attached hydrogens (tertiary/aromatic N) is 1. The number of ether oxygens (including phenoxy) is 1. The van der Waals surface area contributed by atoms with Gasteiger partial charge >= 0.3 is 16.3 Å². The SMILES string of the molecule is CC(C)(C)OC(=O)N(CCN)S(N)(=O)=O. The largest absolute Gasteiger partial charge is 0.443 e. The van der Waals surface area contributed by atoms with Crippen LogP contribution >= 0.6 is 0 Å². The number of amides is 1. The molecule has 0 heterocycles. The Bertz CT molecular complexity index is 320. The minimum atomic E-state index is -4.12. The summed E-state index contributed by atoms with van der Waals surface area (Å²) in [5.74, 6) is 0. The van der Waals surface area contributed by atoms with Gasteiger partial charge in [0.05, 0.1) is 6.54 Å². The second-order valence-corrected chi connectivity index (χ2v) is 5.36. The number of hydrogen-bond acceptors (Lipinski definition) is 5. The first kappa shape index (κ1) is 14.1. The molecule has 0 aliphatic rings. The van der Waals surface area contributed by atoms with Gasteiger partial charge in [-0.15, -0.1) is 0 Å². The molecule has 0 aromatic rings. The van der Waals surface area contributed by atoms with Crippen LogP contribution in [-0.2, 0) is 14.9 Å². The summed E-state index contributed by atoms with van der Waals surface area (Å²) >= 11 is 0. The van der Waals surface area contributed by atoms with Crippen molar-refractivity contribution in [3.05, 3.63) is 0 Å². The summed E-state index contributed by atoms with van der Waals surface area (Å²) in [4.78, 5) is 11.4.